The average Bonchev–Trinajstić information content (AvgIpc) is 2.85. The molecule has 0 aliphatic carbocycles. The van der Waals surface area contributed by atoms with Crippen LogP contribution in [0.2, 0.25) is 0 Å². The normalized spacial score (nSPS) is 26.4. The lowest BCUT2D eigenvalue weighted by atomic mass is 9.80. The number of likely N-dealkylation sites (tertiary alicyclic amines) is 2. The molecule has 0 unspecified atom stereocenters. The molecular formula is C21H28N4O2. The van der Waals surface area contributed by atoms with Gasteiger partial charge in [0.15, 0.2) is 6.61 Å². The van der Waals surface area contributed by atoms with Crippen LogP contribution in [0.4, 0.5) is 0 Å². The van der Waals surface area contributed by atoms with Crippen molar-refractivity contribution >= 4 is 16.8 Å². The molecule has 2 aliphatic heterocycles. The summed E-state index contributed by atoms with van der Waals surface area (Å²) in [7, 11) is 2.19. The molecule has 144 valence electrons. The molecule has 1 aromatic heterocycles. The Kier molecular flexibility index (Phi) is 5.00. The molecule has 1 amide bonds. The summed E-state index contributed by atoms with van der Waals surface area (Å²) in [4.78, 5) is 26.2. The summed E-state index contributed by atoms with van der Waals surface area (Å²) < 4.78 is 5.87. The van der Waals surface area contributed by atoms with Gasteiger partial charge in [0.2, 0.25) is 5.88 Å². The molecule has 27 heavy (non-hydrogen) atoms. The molecular weight excluding hydrogens is 340 g/mol. The van der Waals surface area contributed by atoms with Crippen molar-refractivity contribution in [1.82, 2.24) is 19.8 Å². The second-order valence-electron chi connectivity index (χ2n) is 7.98. The minimum absolute atomic E-state index is 0.0209. The number of benzene rings is 1. The van der Waals surface area contributed by atoms with Crippen molar-refractivity contribution in [2.45, 2.75) is 50.6 Å². The lowest BCUT2D eigenvalue weighted by Gasteiger charge is -2.51. The third-order valence-corrected chi connectivity index (χ3v) is 6.31. The molecule has 0 N–H and O–H groups in total. The van der Waals surface area contributed by atoms with Gasteiger partial charge in [-0.2, -0.15) is 0 Å². The zero-order valence-electron chi connectivity index (χ0n) is 16.2. The predicted molar refractivity (Wildman–Crippen MR) is 105 cm³/mol. The van der Waals surface area contributed by atoms with E-state index in [1.165, 1.54) is 12.7 Å². The Bertz CT molecular complexity index is 821. The van der Waals surface area contributed by atoms with Crippen LogP contribution in [0.5, 0.6) is 5.88 Å². The van der Waals surface area contributed by atoms with Gasteiger partial charge in [-0.05, 0) is 58.3 Å². The monoisotopic (exact) mass is 368 g/mol. The van der Waals surface area contributed by atoms with Gasteiger partial charge >= 0.3 is 0 Å². The van der Waals surface area contributed by atoms with E-state index < -0.39 is 0 Å². The Morgan fingerprint density at radius 2 is 2.07 bits per heavy atom. The maximum atomic E-state index is 13.2. The molecule has 6 heteroatoms. The number of para-hydroxylation sites is 1. The summed E-state index contributed by atoms with van der Waals surface area (Å²) in [5.41, 5.74) is 0.711. The number of carbonyl (C=O) groups excluding carboxylic acids is 1. The molecule has 2 fully saturated rings. The van der Waals surface area contributed by atoms with Crippen LogP contribution in [0.15, 0.2) is 30.6 Å². The topological polar surface area (TPSA) is 58.6 Å². The van der Waals surface area contributed by atoms with E-state index in [4.69, 9.17) is 4.74 Å². The third-order valence-electron chi connectivity index (χ3n) is 6.31. The number of aromatic nitrogens is 2. The van der Waals surface area contributed by atoms with Gasteiger partial charge in [-0.15, -0.1) is 0 Å². The largest absolute Gasteiger partial charge is 0.467 e. The second-order valence-corrected chi connectivity index (χ2v) is 7.98. The Labute approximate surface area is 160 Å². The number of hydrogen-bond donors (Lipinski definition) is 0. The molecule has 0 saturated carbocycles. The van der Waals surface area contributed by atoms with Crippen molar-refractivity contribution in [3.8, 4) is 5.88 Å². The van der Waals surface area contributed by atoms with E-state index in [1.54, 1.807) is 0 Å². The average molecular weight is 368 g/mol. The minimum atomic E-state index is -0.113. The van der Waals surface area contributed by atoms with E-state index in [9.17, 15) is 4.79 Å². The van der Waals surface area contributed by atoms with E-state index >= 15 is 0 Å². The molecule has 6 nitrogen and oxygen atoms in total. The van der Waals surface area contributed by atoms with E-state index in [2.05, 4.69) is 33.7 Å². The number of likely N-dealkylation sites (N-methyl/N-ethyl adjacent to an activating group) is 1. The fourth-order valence-corrected chi connectivity index (χ4v) is 4.91. The van der Waals surface area contributed by atoms with Gasteiger partial charge in [0.05, 0.1) is 16.4 Å². The van der Waals surface area contributed by atoms with E-state index in [0.29, 0.717) is 11.9 Å². The molecule has 2 aliphatic rings. The van der Waals surface area contributed by atoms with Crippen LogP contribution in [0.3, 0.4) is 0 Å². The van der Waals surface area contributed by atoms with Crippen LogP contribution in [-0.4, -0.2) is 64.0 Å². The van der Waals surface area contributed by atoms with Crippen LogP contribution in [0.25, 0.3) is 10.9 Å². The maximum absolute atomic E-state index is 13.2. The highest BCUT2D eigenvalue weighted by Gasteiger charge is 2.46. The number of amides is 1. The number of ether oxygens (including phenoxy) is 1. The number of nitrogens with zero attached hydrogens (tertiary/aromatic N) is 4. The van der Waals surface area contributed by atoms with Crippen LogP contribution in [0, 0.1) is 0 Å². The van der Waals surface area contributed by atoms with Crippen molar-refractivity contribution in [2.75, 3.05) is 26.7 Å². The minimum Gasteiger partial charge on any atom is -0.467 e. The zero-order chi connectivity index (χ0) is 18.9. The predicted octanol–water partition coefficient (Wildman–Crippen LogP) is 2.87. The number of hydrogen-bond acceptors (Lipinski definition) is 5. The van der Waals surface area contributed by atoms with Crippen LogP contribution >= 0.6 is 0 Å². The zero-order valence-corrected chi connectivity index (χ0v) is 16.2. The van der Waals surface area contributed by atoms with Crippen molar-refractivity contribution < 1.29 is 9.53 Å². The first-order valence-corrected chi connectivity index (χ1v) is 9.93. The first kappa shape index (κ1) is 18.2. The fourth-order valence-electron chi connectivity index (χ4n) is 4.91. The molecule has 0 radical (unpaired) electrons. The number of rotatable bonds is 3. The quantitative estimate of drug-likeness (QED) is 0.834. The van der Waals surface area contributed by atoms with Gasteiger partial charge < -0.3 is 14.5 Å². The Morgan fingerprint density at radius 1 is 1.22 bits per heavy atom. The summed E-state index contributed by atoms with van der Waals surface area (Å²) in [5.74, 6) is 0.536. The second kappa shape index (κ2) is 7.43. The maximum Gasteiger partial charge on any atom is 0.261 e. The van der Waals surface area contributed by atoms with Gasteiger partial charge in [0, 0.05) is 12.6 Å². The first-order valence-electron chi connectivity index (χ1n) is 9.93. The standard InChI is InChI=1S/C21H28N4O2/c1-21-11-7-12-24(2)18(21)10-5-6-13-25(21)19(26)14-27-20-16-8-3-4-9-17(16)22-15-23-20/h3-4,8-9,15,18H,5-7,10-14H2,1-2H3/t18-,21-/m0/s1. The molecule has 2 aromatic rings. The SMILES string of the molecule is CN1CCC[C@@]2(C)[C@@H]1CCCCN2C(=O)COc1ncnc2ccccc12. The Balaban J connectivity index is 1.53. The van der Waals surface area contributed by atoms with Gasteiger partial charge in [-0.1, -0.05) is 18.6 Å². The number of carbonyl (C=O) groups is 1. The molecule has 2 atom stereocenters. The molecule has 0 bridgehead atoms. The lowest BCUT2D eigenvalue weighted by molar-refractivity contribution is -0.143. The van der Waals surface area contributed by atoms with Crippen molar-refractivity contribution in [1.29, 1.82) is 0 Å². The van der Waals surface area contributed by atoms with Gasteiger partial charge in [-0.3, -0.25) is 4.79 Å². The molecule has 2 saturated heterocycles. The fraction of sp³-hybridized carbons (Fsp3) is 0.571. The number of piperidine rings is 1. The van der Waals surface area contributed by atoms with Crippen LogP contribution < -0.4 is 4.74 Å². The first-order chi connectivity index (χ1) is 13.1. The highest BCUT2D eigenvalue weighted by Crippen LogP contribution is 2.37. The summed E-state index contributed by atoms with van der Waals surface area (Å²) in [6.45, 7) is 4.21. The molecule has 0 spiro atoms. The Morgan fingerprint density at radius 3 is 2.96 bits per heavy atom. The van der Waals surface area contributed by atoms with Crippen molar-refractivity contribution in [3.05, 3.63) is 30.6 Å². The summed E-state index contributed by atoms with van der Waals surface area (Å²) in [6, 6.07) is 8.14. The summed E-state index contributed by atoms with van der Waals surface area (Å²) in [6.07, 6.45) is 7.07. The smallest absolute Gasteiger partial charge is 0.261 e. The molecule has 4 rings (SSSR count). The van der Waals surface area contributed by atoms with Crippen LogP contribution in [0.1, 0.15) is 39.0 Å². The van der Waals surface area contributed by atoms with E-state index in [-0.39, 0.29) is 18.1 Å². The Hall–Kier alpha value is -2.21. The van der Waals surface area contributed by atoms with Gasteiger partial charge in [0.25, 0.3) is 5.91 Å². The summed E-state index contributed by atoms with van der Waals surface area (Å²) in [5, 5.41) is 0.838. The van der Waals surface area contributed by atoms with Crippen molar-refractivity contribution in [3.63, 3.8) is 0 Å². The summed E-state index contributed by atoms with van der Waals surface area (Å²) >= 11 is 0. The van der Waals surface area contributed by atoms with Gasteiger partial charge in [-0.25, -0.2) is 9.97 Å². The molecule has 3 heterocycles. The van der Waals surface area contributed by atoms with Crippen molar-refractivity contribution in [2.24, 2.45) is 0 Å². The third kappa shape index (κ3) is 3.38. The number of fused-ring (bicyclic) bond motifs is 2. The highest BCUT2D eigenvalue weighted by molar-refractivity contribution is 5.84. The lowest BCUT2D eigenvalue weighted by Crippen LogP contribution is -2.63. The van der Waals surface area contributed by atoms with Crippen LogP contribution in [-0.2, 0) is 4.79 Å². The van der Waals surface area contributed by atoms with Gasteiger partial charge in [0.1, 0.15) is 6.33 Å². The van der Waals surface area contributed by atoms with E-state index in [0.717, 1.165) is 49.7 Å². The molecule has 1 aromatic carbocycles. The highest BCUT2D eigenvalue weighted by atomic mass is 16.5. The van der Waals surface area contributed by atoms with E-state index in [1.807, 2.05) is 24.3 Å².